The van der Waals surface area contributed by atoms with Crippen LogP contribution in [0, 0.1) is 0 Å². The van der Waals surface area contributed by atoms with Crippen molar-refractivity contribution in [3.63, 3.8) is 0 Å². The molecule has 1 aromatic heterocycles. The van der Waals surface area contributed by atoms with Crippen molar-refractivity contribution in [2.75, 3.05) is 0 Å². The SMILES string of the molecule is CC1(C)Cc2ccccc2C(c2ccc3ncccc3c2)=N1. The Labute approximate surface area is 130 Å². The van der Waals surface area contributed by atoms with Crippen LogP contribution in [0.2, 0.25) is 0 Å². The van der Waals surface area contributed by atoms with Crippen LogP contribution in [0.1, 0.15) is 30.5 Å². The van der Waals surface area contributed by atoms with Crippen LogP contribution in [0.3, 0.4) is 0 Å². The van der Waals surface area contributed by atoms with E-state index in [9.17, 15) is 0 Å². The number of aliphatic imine (C=N–C) groups is 1. The lowest BCUT2D eigenvalue weighted by atomic mass is 9.85. The second kappa shape index (κ2) is 4.77. The monoisotopic (exact) mass is 286 g/mol. The number of hydrogen-bond donors (Lipinski definition) is 0. The molecule has 22 heavy (non-hydrogen) atoms. The first-order valence-electron chi connectivity index (χ1n) is 7.66. The van der Waals surface area contributed by atoms with Crippen molar-refractivity contribution in [3.05, 3.63) is 77.5 Å². The molecule has 0 saturated heterocycles. The molecule has 0 bridgehead atoms. The van der Waals surface area contributed by atoms with E-state index in [2.05, 4.69) is 67.4 Å². The van der Waals surface area contributed by atoms with Gasteiger partial charge in [0.2, 0.25) is 0 Å². The van der Waals surface area contributed by atoms with Gasteiger partial charge in [-0.3, -0.25) is 9.98 Å². The van der Waals surface area contributed by atoms with Gasteiger partial charge in [0.1, 0.15) is 0 Å². The molecule has 0 spiro atoms. The fourth-order valence-corrected chi connectivity index (χ4v) is 3.22. The third-order valence-electron chi connectivity index (χ3n) is 4.19. The maximum Gasteiger partial charge on any atom is 0.0728 e. The lowest BCUT2D eigenvalue weighted by molar-refractivity contribution is 0.513. The maximum atomic E-state index is 5.03. The minimum Gasteiger partial charge on any atom is -0.278 e. The van der Waals surface area contributed by atoms with E-state index >= 15 is 0 Å². The lowest BCUT2D eigenvalue weighted by Crippen LogP contribution is -2.29. The molecule has 2 heteroatoms. The number of fused-ring (bicyclic) bond motifs is 2. The Morgan fingerprint density at radius 3 is 2.73 bits per heavy atom. The van der Waals surface area contributed by atoms with Gasteiger partial charge in [0, 0.05) is 22.7 Å². The Balaban J connectivity index is 1.93. The molecule has 1 aliphatic heterocycles. The smallest absolute Gasteiger partial charge is 0.0728 e. The third kappa shape index (κ3) is 2.21. The molecule has 0 atom stereocenters. The Kier molecular flexibility index (Phi) is 2.86. The van der Waals surface area contributed by atoms with Crippen molar-refractivity contribution < 1.29 is 0 Å². The summed E-state index contributed by atoms with van der Waals surface area (Å²) < 4.78 is 0. The number of nitrogens with zero attached hydrogens (tertiary/aromatic N) is 2. The van der Waals surface area contributed by atoms with Gasteiger partial charge in [-0.2, -0.15) is 0 Å². The summed E-state index contributed by atoms with van der Waals surface area (Å²) in [5.74, 6) is 0. The number of pyridine rings is 1. The summed E-state index contributed by atoms with van der Waals surface area (Å²) in [5.41, 5.74) is 5.86. The summed E-state index contributed by atoms with van der Waals surface area (Å²) in [6, 6.07) is 19.1. The molecule has 3 aromatic rings. The molecule has 1 aliphatic rings. The van der Waals surface area contributed by atoms with Gasteiger partial charge in [-0.1, -0.05) is 36.4 Å². The number of benzene rings is 2. The Morgan fingerprint density at radius 1 is 0.955 bits per heavy atom. The van der Waals surface area contributed by atoms with Crippen molar-refractivity contribution >= 4 is 16.6 Å². The quantitative estimate of drug-likeness (QED) is 0.650. The third-order valence-corrected chi connectivity index (χ3v) is 4.19. The van der Waals surface area contributed by atoms with Gasteiger partial charge in [0.25, 0.3) is 0 Å². The molecule has 0 saturated carbocycles. The van der Waals surface area contributed by atoms with Gasteiger partial charge >= 0.3 is 0 Å². The Morgan fingerprint density at radius 2 is 1.82 bits per heavy atom. The van der Waals surface area contributed by atoms with E-state index < -0.39 is 0 Å². The molecular formula is C20H18N2. The summed E-state index contributed by atoms with van der Waals surface area (Å²) in [4.78, 5) is 9.43. The maximum absolute atomic E-state index is 5.03. The molecule has 0 fully saturated rings. The molecule has 0 unspecified atom stereocenters. The van der Waals surface area contributed by atoms with Crippen molar-refractivity contribution in [3.8, 4) is 0 Å². The van der Waals surface area contributed by atoms with E-state index in [1.165, 1.54) is 16.7 Å². The first-order valence-corrected chi connectivity index (χ1v) is 7.66. The number of aromatic nitrogens is 1. The zero-order valence-corrected chi connectivity index (χ0v) is 12.9. The molecule has 2 aromatic carbocycles. The van der Waals surface area contributed by atoms with Gasteiger partial charge in [0.15, 0.2) is 0 Å². The van der Waals surface area contributed by atoms with Crippen LogP contribution in [-0.2, 0) is 6.42 Å². The molecule has 108 valence electrons. The molecule has 2 heterocycles. The highest BCUT2D eigenvalue weighted by Gasteiger charge is 2.27. The van der Waals surface area contributed by atoms with E-state index in [-0.39, 0.29) is 5.54 Å². The van der Waals surface area contributed by atoms with Crippen molar-refractivity contribution in [2.24, 2.45) is 4.99 Å². The highest BCUT2D eigenvalue weighted by Crippen LogP contribution is 2.30. The van der Waals surface area contributed by atoms with E-state index in [1.807, 2.05) is 12.3 Å². The van der Waals surface area contributed by atoms with Crippen LogP contribution in [-0.4, -0.2) is 16.2 Å². The lowest BCUT2D eigenvalue weighted by Gasteiger charge is -2.29. The van der Waals surface area contributed by atoms with E-state index in [0.717, 1.165) is 23.0 Å². The van der Waals surface area contributed by atoms with Crippen LogP contribution in [0.25, 0.3) is 10.9 Å². The normalized spacial score (nSPS) is 16.2. The van der Waals surface area contributed by atoms with Gasteiger partial charge in [-0.25, -0.2) is 0 Å². The molecule has 0 aliphatic carbocycles. The summed E-state index contributed by atoms with van der Waals surface area (Å²) in [7, 11) is 0. The van der Waals surface area contributed by atoms with Gasteiger partial charge in [-0.15, -0.1) is 0 Å². The number of hydrogen-bond acceptors (Lipinski definition) is 2. The standard InChI is InChI=1S/C20H18N2/c1-20(2)13-16-6-3-4-8-17(16)19(22-20)15-9-10-18-14(12-15)7-5-11-21-18/h3-12H,13H2,1-2H3. The first kappa shape index (κ1) is 13.2. The fraction of sp³-hybridized carbons (Fsp3) is 0.200. The fourth-order valence-electron chi connectivity index (χ4n) is 3.22. The Hall–Kier alpha value is -2.48. The van der Waals surface area contributed by atoms with Crippen molar-refractivity contribution in [1.82, 2.24) is 4.98 Å². The second-order valence-electron chi connectivity index (χ2n) is 6.52. The van der Waals surface area contributed by atoms with Crippen LogP contribution in [0.15, 0.2) is 65.8 Å². The summed E-state index contributed by atoms with van der Waals surface area (Å²) in [6.07, 6.45) is 2.82. The van der Waals surface area contributed by atoms with Gasteiger partial charge in [-0.05, 0) is 44.0 Å². The average molecular weight is 286 g/mol. The number of rotatable bonds is 1. The molecule has 0 radical (unpaired) electrons. The summed E-state index contributed by atoms with van der Waals surface area (Å²) in [6.45, 7) is 4.40. The minimum atomic E-state index is -0.0619. The van der Waals surface area contributed by atoms with Gasteiger partial charge < -0.3 is 0 Å². The highest BCUT2D eigenvalue weighted by atomic mass is 14.9. The molecule has 4 rings (SSSR count). The van der Waals surface area contributed by atoms with Crippen molar-refractivity contribution in [2.45, 2.75) is 25.8 Å². The summed E-state index contributed by atoms with van der Waals surface area (Å²) in [5, 5.41) is 1.16. The van der Waals surface area contributed by atoms with Gasteiger partial charge in [0.05, 0.1) is 16.8 Å². The van der Waals surface area contributed by atoms with E-state index in [4.69, 9.17) is 4.99 Å². The largest absolute Gasteiger partial charge is 0.278 e. The Bertz CT molecular complexity index is 891. The summed E-state index contributed by atoms with van der Waals surface area (Å²) >= 11 is 0. The zero-order valence-electron chi connectivity index (χ0n) is 12.9. The molecule has 2 nitrogen and oxygen atoms in total. The minimum absolute atomic E-state index is 0.0619. The van der Waals surface area contributed by atoms with E-state index in [1.54, 1.807) is 0 Å². The van der Waals surface area contributed by atoms with Crippen LogP contribution >= 0.6 is 0 Å². The second-order valence-corrected chi connectivity index (χ2v) is 6.52. The predicted molar refractivity (Wildman–Crippen MR) is 91.6 cm³/mol. The predicted octanol–water partition coefficient (Wildman–Crippen LogP) is 4.41. The molecule has 0 N–H and O–H groups in total. The van der Waals surface area contributed by atoms with E-state index in [0.29, 0.717) is 0 Å². The topological polar surface area (TPSA) is 25.2 Å². The highest BCUT2D eigenvalue weighted by molar-refractivity contribution is 6.15. The van der Waals surface area contributed by atoms with Crippen LogP contribution < -0.4 is 0 Å². The molecular weight excluding hydrogens is 268 g/mol. The average Bonchev–Trinajstić information content (AvgIpc) is 2.53. The van der Waals surface area contributed by atoms with Crippen molar-refractivity contribution in [1.29, 1.82) is 0 Å². The molecule has 0 amide bonds. The van der Waals surface area contributed by atoms with Crippen LogP contribution in [0.4, 0.5) is 0 Å². The zero-order chi connectivity index (χ0) is 15.2. The van der Waals surface area contributed by atoms with Crippen LogP contribution in [0.5, 0.6) is 0 Å². The first-order chi connectivity index (χ1) is 10.6.